The molecule has 1 aliphatic rings. The molecule has 0 spiro atoms. The summed E-state index contributed by atoms with van der Waals surface area (Å²) in [7, 11) is 0. The van der Waals surface area contributed by atoms with Gasteiger partial charge in [-0.1, -0.05) is 5.16 Å². The molecule has 0 N–H and O–H groups in total. The zero-order valence-electron chi connectivity index (χ0n) is 8.83. The highest BCUT2D eigenvalue weighted by Gasteiger charge is 2.40. The molecule has 1 aromatic heterocycles. The largest absolute Gasteiger partial charge is 0.367 e. The van der Waals surface area contributed by atoms with E-state index in [-0.39, 0.29) is 11.5 Å². The predicted octanol–water partition coefficient (Wildman–Crippen LogP) is 2.61. The van der Waals surface area contributed by atoms with Crippen LogP contribution in [-0.2, 0) is 16.2 Å². The van der Waals surface area contributed by atoms with E-state index < -0.39 is 0 Å². The number of ether oxygens (including phenoxy) is 1. The number of hydrogen-bond acceptors (Lipinski definition) is 4. The summed E-state index contributed by atoms with van der Waals surface area (Å²) < 4.78 is 10.8. The maximum Gasteiger partial charge on any atom is 0.241 e. The first-order chi connectivity index (χ1) is 7.30. The van der Waals surface area contributed by atoms with Crippen LogP contribution in [0.1, 0.15) is 44.3 Å². The van der Waals surface area contributed by atoms with Gasteiger partial charge < -0.3 is 9.26 Å². The minimum atomic E-state index is -0.317. The molecule has 15 heavy (non-hydrogen) atoms. The molecule has 84 valence electrons. The number of halogens is 1. The van der Waals surface area contributed by atoms with E-state index in [2.05, 4.69) is 10.1 Å². The molecular formula is C10H15ClN2O2. The van der Waals surface area contributed by atoms with E-state index in [0.717, 1.165) is 25.7 Å². The maximum atomic E-state index is 5.81. The van der Waals surface area contributed by atoms with Crippen LogP contribution in [0.4, 0.5) is 0 Å². The average molecular weight is 231 g/mol. The van der Waals surface area contributed by atoms with Crippen molar-refractivity contribution in [3.63, 3.8) is 0 Å². The van der Waals surface area contributed by atoms with Crippen molar-refractivity contribution in [1.82, 2.24) is 10.1 Å². The monoisotopic (exact) mass is 230 g/mol. The fourth-order valence-electron chi connectivity index (χ4n) is 2.15. The van der Waals surface area contributed by atoms with E-state index in [1.807, 2.05) is 6.92 Å². The highest BCUT2D eigenvalue weighted by atomic mass is 35.5. The number of alkyl halides is 1. The molecule has 0 aromatic carbocycles. The van der Waals surface area contributed by atoms with Gasteiger partial charge in [-0.05, 0) is 32.6 Å². The Morgan fingerprint density at radius 2 is 2.20 bits per heavy atom. The molecular weight excluding hydrogens is 216 g/mol. The fourth-order valence-corrected chi connectivity index (χ4v) is 2.26. The molecule has 0 radical (unpaired) electrons. The zero-order chi connectivity index (χ0) is 10.7. The SMILES string of the molecule is CCOC1(c2noc(CCl)n2)CCCC1. The Hall–Kier alpha value is -0.610. The van der Waals surface area contributed by atoms with Gasteiger partial charge in [-0.15, -0.1) is 11.6 Å². The lowest BCUT2D eigenvalue weighted by molar-refractivity contribution is -0.0469. The second kappa shape index (κ2) is 4.49. The summed E-state index contributed by atoms with van der Waals surface area (Å²) in [5.74, 6) is 1.39. The third-order valence-electron chi connectivity index (χ3n) is 2.82. The summed E-state index contributed by atoms with van der Waals surface area (Å²) in [5.41, 5.74) is -0.317. The van der Waals surface area contributed by atoms with Crippen LogP contribution in [0.25, 0.3) is 0 Å². The highest BCUT2D eigenvalue weighted by molar-refractivity contribution is 6.16. The Morgan fingerprint density at radius 1 is 1.47 bits per heavy atom. The van der Waals surface area contributed by atoms with E-state index in [9.17, 15) is 0 Å². The van der Waals surface area contributed by atoms with Gasteiger partial charge in [0.1, 0.15) is 11.5 Å². The lowest BCUT2D eigenvalue weighted by Crippen LogP contribution is -2.27. The zero-order valence-corrected chi connectivity index (χ0v) is 9.59. The lowest BCUT2D eigenvalue weighted by atomic mass is 10.0. The van der Waals surface area contributed by atoms with Crippen molar-refractivity contribution in [3.05, 3.63) is 11.7 Å². The Morgan fingerprint density at radius 3 is 2.73 bits per heavy atom. The lowest BCUT2D eigenvalue weighted by Gasteiger charge is -2.24. The number of rotatable bonds is 4. The molecule has 0 bridgehead atoms. The van der Waals surface area contributed by atoms with Crippen molar-refractivity contribution in [2.45, 2.75) is 44.1 Å². The minimum Gasteiger partial charge on any atom is -0.367 e. The Labute approximate surface area is 93.9 Å². The van der Waals surface area contributed by atoms with Crippen LogP contribution in [0.15, 0.2) is 4.52 Å². The van der Waals surface area contributed by atoms with Crippen LogP contribution in [0.2, 0.25) is 0 Å². The van der Waals surface area contributed by atoms with E-state index >= 15 is 0 Å². The summed E-state index contributed by atoms with van der Waals surface area (Å²) in [5, 5.41) is 3.96. The highest BCUT2D eigenvalue weighted by Crippen LogP contribution is 2.40. The Bertz CT molecular complexity index is 321. The summed E-state index contributed by atoms with van der Waals surface area (Å²) >= 11 is 5.63. The van der Waals surface area contributed by atoms with Gasteiger partial charge in [0.2, 0.25) is 11.7 Å². The first-order valence-electron chi connectivity index (χ1n) is 5.34. The van der Waals surface area contributed by atoms with Crippen LogP contribution in [-0.4, -0.2) is 16.7 Å². The number of hydrogen-bond donors (Lipinski definition) is 0. The van der Waals surface area contributed by atoms with Gasteiger partial charge in [-0.2, -0.15) is 4.98 Å². The van der Waals surface area contributed by atoms with Crippen LogP contribution >= 0.6 is 11.6 Å². The molecule has 1 aromatic rings. The molecule has 1 aliphatic carbocycles. The molecule has 0 atom stereocenters. The standard InChI is InChI=1S/C10H15ClN2O2/c1-2-14-10(5-3-4-6-10)9-12-8(7-11)15-13-9/h2-7H2,1H3. The van der Waals surface area contributed by atoms with Crippen molar-refractivity contribution >= 4 is 11.6 Å². The maximum absolute atomic E-state index is 5.81. The van der Waals surface area contributed by atoms with Gasteiger partial charge in [0.15, 0.2) is 0 Å². The predicted molar refractivity (Wildman–Crippen MR) is 55.6 cm³/mol. The van der Waals surface area contributed by atoms with E-state index in [0.29, 0.717) is 18.3 Å². The molecule has 1 heterocycles. The molecule has 4 nitrogen and oxygen atoms in total. The third kappa shape index (κ3) is 2.01. The first kappa shape index (κ1) is 10.9. The molecule has 0 aliphatic heterocycles. The van der Waals surface area contributed by atoms with E-state index in [1.165, 1.54) is 0 Å². The molecule has 1 saturated carbocycles. The van der Waals surface area contributed by atoms with Crippen molar-refractivity contribution in [2.75, 3.05) is 6.61 Å². The van der Waals surface area contributed by atoms with Crippen LogP contribution in [0, 0.1) is 0 Å². The molecule has 0 unspecified atom stereocenters. The van der Waals surface area contributed by atoms with Gasteiger partial charge in [0, 0.05) is 6.61 Å². The average Bonchev–Trinajstić information content (AvgIpc) is 2.85. The number of nitrogens with zero attached hydrogens (tertiary/aromatic N) is 2. The van der Waals surface area contributed by atoms with Crippen LogP contribution in [0.5, 0.6) is 0 Å². The van der Waals surface area contributed by atoms with Gasteiger partial charge in [0.05, 0.1) is 0 Å². The van der Waals surface area contributed by atoms with Crippen molar-refractivity contribution in [2.24, 2.45) is 0 Å². The molecule has 0 amide bonds. The normalized spacial score (nSPS) is 19.6. The van der Waals surface area contributed by atoms with Gasteiger partial charge in [-0.25, -0.2) is 0 Å². The van der Waals surface area contributed by atoms with E-state index in [4.69, 9.17) is 20.9 Å². The molecule has 1 fully saturated rings. The van der Waals surface area contributed by atoms with Crippen molar-refractivity contribution in [1.29, 1.82) is 0 Å². The molecule has 2 rings (SSSR count). The third-order valence-corrected chi connectivity index (χ3v) is 3.05. The summed E-state index contributed by atoms with van der Waals surface area (Å²) in [6.45, 7) is 2.66. The van der Waals surface area contributed by atoms with Crippen molar-refractivity contribution in [3.8, 4) is 0 Å². The van der Waals surface area contributed by atoms with Gasteiger partial charge >= 0.3 is 0 Å². The summed E-state index contributed by atoms with van der Waals surface area (Å²) in [6.07, 6.45) is 4.26. The van der Waals surface area contributed by atoms with Crippen LogP contribution < -0.4 is 0 Å². The summed E-state index contributed by atoms with van der Waals surface area (Å²) in [4.78, 5) is 4.27. The second-order valence-electron chi connectivity index (χ2n) is 3.78. The summed E-state index contributed by atoms with van der Waals surface area (Å²) in [6, 6.07) is 0. The first-order valence-corrected chi connectivity index (χ1v) is 5.87. The van der Waals surface area contributed by atoms with Gasteiger partial charge in [-0.3, -0.25) is 0 Å². The number of aromatic nitrogens is 2. The molecule has 5 heteroatoms. The Kier molecular flexibility index (Phi) is 3.26. The quantitative estimate of drug-likeness (QED) is 0.746. The minimum absolute atomic E-state index is 0.259. The topological polar surface area (TPSA) is 48.2 Å². The van der Waals surface area contributed by atoms with Crippen molar-refractivity contribution < 1.29 is 9.26 Å². The Balaban J connectivity index is 2.23. The molecule has 0 saturated heterocycles. The van der Waals surface area contributed by atoms with Crippen LogP contribution in [0.3, 0.4) is 0 Å². The van der Waals surface area contributed by atoms with E-state index in [1.54, 1.807) is 0 Å². The second-order valence-corrected chi connectivity index (χ2v) is 4.05. The fraction of sp³-hybridized carbons (Fsp3) is 0.800. The van der Waals surface area contributed by atoms with Gasteiger partial charge in [0.25, 0.3) is 0 Å². The smallest absolute Gasteiger partial charge is 0.241 e.